The average Bonchev–Trinajstić information content (AvgIpc) is 2.74. The van der Waals surface area contributed by atoms with Crippen LogP contribution in [-0.2, 0) is 14.3 Å². The third-order valence-electron chi connectivity index (χ3n) is 5.13. The van der Waals surface area contributed by atoms with E-state index in [4.69, 9.17) is 9.47 Å². The smallest absolute Gasteiger partial charge is 0.410 e. The third kappa shape index (κ3) is 6.16. The second kappa shape index (κ2) is 9.76. The summed E-state index contributed by atoms with van der Waals surface area (Å²) in [6.07, 6.45) is 2.71. The van der Waals surface area contributed by atoms with Crippen LogP contribution in [0.2, 0.25) is 0 Å². The molecule has 2 aromatic heterocycles. The summed E-state index contributed by atoms with van der Waals surface area (Å²) in [4.78, 5) is 35.6. The molecule has 1 aliphatic rings. The fourth-order valence-corrected chi connectivity index (χ4v) is 3.69. The van der Waals surface area contributed by atoms with Crippen molar-refractivity contribution in [3.63, 3.8) is 0 Å². The van der Waals surface area contributed by atoms with E-state index in [2.05, 4.69) is 15.3 Å². The zero-order chi connectivity index (χ0) is 22.4. The van der Waals surface area contributed by atoms with E-state index in [-0.39, 0.29) is 18.0 Å². The first-order chi connectivity index (χ1) is 14.8. The lowest BCUT2D eigenvalue weighted by molar-refractivity contribution is -0.144. The quantitative estimate of drug-likeness (QED) is 0.719. The molecule has 0 saturated carbocycles. The molecular weight excluding hydrogens is 396 g/mol. The molecule has 1 N–H and O–H groups in total. The van der Waals surface area contributed by atoms with Crippen molar-refractivity contribution in [3.8, 4) is 0 Å². The minimum atomic E-state index is -0.534. The van der Waals surface area contributed by atoms with Gasteiger partial charge in [-0.1, -0.05) is 12.1 Å². The van der Waals surface area contributed by atoms with Gasteiger partial charge in [-0.25, -0.2) is 14.8 Å². The van der Waals surface area contributed by atoms with E-state index in [1.54, 1.807) is 11.1 Å². The number of methoxy groups -OCH3 is 1. The molecule has 1 aliphatic heterocycles. The van der Waals surface area contributed by atoms with Crippen LogP contribution in [-0.4, -0.2) is 52.7 Å². The summed E-state index contributed by atoms with van der Waals surface area (Å²) in [5.74, 6) is 0.474. The number of esters is 1. The number of likely N-dealkylation sites (tertiary alicyclic amines) is 1. The molecule has 0 radical (unpaired) electrons. The second-order valence-electron chi connectivity index (χ2n) is 8.59. The van der Waals surface area contributed by atoms with Gasteiger partial charge in [-0.15, -0.1) is 0 Å². The molecule has 8 heteroatoms. The van der Waals surface area contributed by atoms with Crippen LogP contribution in [0.3, 0.4) is 0 Å². The number of nitrogens with zero attached hydrogens (tertiary/aromatic N) is 3. The van der Waals surface area contributed by atoms with Crippen LogP contribution in [0.4, 0.5) is 16.4 Å². The Morgan fingerprint density at radius 3 is 2.42 bits per heavy atom. The molecule has 1 unspecified atom stereocenters. The summed E-state index contributed by atoms with van der Waals surface area (Å²) in [7, 11) is 1.39. The number of rotatable bonds is 5. The van der Waals surface area contributed by atoms with Crippen molar-refractivity contribution in [2.24, 2.45) is 5.92 Å². The summed E-state index contributed by atoms with van der Waals surface area (Å²) >= 11 is 0. The van der Waals surface area contributed by atoms with E-state index in [1.807, 2.05) is 57.2 Å². The molecule has 0 aromatic carbocycles. The van der Waals surface area contributed by atoms with E-state index in [9.17, 15) is 9.59 Å². The Hall–Kier alpha value is -3.16. The van der Waals surface area contributed by atoms with Crippen molar-refractivity contribution < 1.29 is 19.1 Å². The number of pyridine rings is 2. The number of nitrogens with one attached hydrogen (secondary N) is 1. The summed E-state index contributed by atoms with van der Waals surface area (Å²) in [6.45, 7) is 6.60. The molecule has 1 amide bonds. The standard InChI is InChI=1S/C23H30N4O4/c1-23(2,3)31-22(29)27-14-11-16(12-15-27)20(21(28)30-4)17-8-7-10-19(25-17)26-18-9-5-6-13-24-18/h5-10,13,16,20H,11-12,14-15H2,1-4H3,(H,24,25,26). The van der Waals surface area contributed by atoms with Gasteiger partial charge in [0.2, 0.25) is 0 Å². The molecule has 1 fully saturated rings. The van der Waals surface area contributed by atoms with Crippen LogP contribution in [0.1, 0.15) is 45.2 Å². The van der Waals surface area contributed by atoms with Crippen molar-refractivity contribution in [3.05, 3.63) is 48.3 Å². The van der Waals surface area contributed by atoms with Crippen molar-refractivity contribution in [2.75, 3.05) is 25.5 Å². The van der Waals surface area contributed by atoms with Crippen LogP contribution in [0, 0.1) is 5.92 Å². The Morgan fingerprint density at radius 1 is 1.10 bits per heavy atom. The minimum absolute atomic E-state index is 0.0173. The Balaban J connectivity index is 1.72. The number of carbonyl (C=O) groups is 2. The first-order valence-corrected chi connectivity index (χ1v) is 10.5. The van der Waals surface area contributed by atoms with Gasteiger partial charge < -0.3 is 19.7 Å². The molecule has 2 aromatic rings. The fourth-order valence-electron chi connectivity index (χ4n) is 3.69. The number of ether oxygens (including phenoxy) is 2. The zero-order valence-corrected chi connectivity index (χ0v) is 18.5. The maximum atomic E-state index is 12.7. The van der Waals surface area contributed by atoms with Crippen LogP contribution in [0.25, 0.3) is 0 Å². The van der Waals surface area contributed by atoms with Gasteiger partial charge in [0.1, 0.15) is 23.2 Å². The number of carbonyl (C=O) groups excluding carboxylic acids is 2. The van der Waals surface area contributed by atoms with Crippen molar-refractivity contribution in [2.45, 2.75) is 45.1 Å². The first kappa shape index (κ1) is 22.5. The van der Waals surface area contributed by atoms with E-state index < -0.39 is 11.5 Å². The van der Waals surface area contributed by atoms with Gasteiger partial charge >= 0.3 is 12.1 Å². The zero-order valence-electron chi connectivity index (χ0n) is 18.5. The maximum Gasteiger partial charge on any atom is 0.410 e. The molecule has 8 nitrogen and oxygen atoms in total. The molecule has 0 spiro atoms. The predicted molar refractivity (Wildman–Crippen MR) is 117 cm³/mol. The maximum absolute atomic E-state index is 12.7. The second-order valence-corrected chi connectivity index (χ2v) is 8.59. The number of hydrogen-bond acceptors (Lipinski definition) is 7. The van der Waals surface area contributed by atoms with Crippen LogP contribution in [0.5, 0.6) is 0 Å². The monoisotopic (exact) mass is 426 g/mol. The highest BCUT2D eigenvalue weighted by molar-refractivity contribution is 5.78. The lowest BCUT2D eigenvalue weighted by atomic mass is 9.82. The van der Waals surface area contributed by atoms with Gasteiger partial charge in [0.15, 0.2) is 0 Å². The Morgan fingerprint density at radius 2 is 1.81 bits per heavy atom. The predicted octanol–water partition coefficient (Wildman–Crippen LogP) is 4.12. The lowest BCUT2D eigenvalue weighted by Crippen LogP contribution is -2.43. The van der Waals surface area contributed by atoms with Crippen molar-refractivity contribution in [1.29, 1.82) is 0 Å². The number of aromatic nitrogens is 2. The summed E-state index contributed by atoms with van der Waals surface area (Å²) in [5.41, 5.74) is 0.108. The average molecular weight is 427 g/mol. The van der Waals surface area contributed by atoms with Crippen LogP contribution < -0.4 is 5.32 Å². The highest BCUT2D eigenvalue weighted by atomic mass is 16.6. The minimum Gasteiger partial charge on any atom is -0.468 e. The molecule has 1 atom stereocenters. The molecule has 3 heterocycles. The summed E-state index contributed by atoms with van der Waals surface area (Å²) in [6, 6.07) is 11.1. The largest absolute Gasteiger partial charge is 0.468 e. The normalized spacial score (nSPS) is 15.8. The van der Waals surface area contributed by atoms with Crippen LogP contribution in [0.15, 0.2) is 42.6 Å². The molecule has 31 heavy (non-hydrogen) atoms. The van der Waals surface area contributed by atoms with Crippen molar-refractivity contribution >= 4 is 23.7 Å². The highest BCUT2D eigenvalue weighted by Gasteiger charge is 2.36. The first-order valence-electron chi connectivity index (χ1n) is 10.5. The van der Waals surface area contributed by atoms with Gasteiger partial charge in [0, 0.05) is 19.3 Å². The molecule has 0 aliphatic carbocycles. The van der Waals surface area contributed by atoms with E-state index in [0.717, 1.165) is 0 Å². The summed E-state index contributed by atoms with van der Waals surface area (Å²) in [5, 5.41) is 3.16. The highest BCUT2D eigenvalue weighted by Crippen LogP contribution is 2.34. The SMILES string of the molecule is COC(=O)C(c1cccc(Nc2ccccn2)n1)C1CCN(C(=O)OC(C)(C)C)CC1. The summed E-state index contributed by atoms with van der Waals surface area (Å²) < 4.78 is 10.6. The molecule has 3 rings (SSSR count). The van der Waals surface area contributed by atoms with Gasteiger partial charge in [-0.3, -0.25) is 4.79 Å². The number of hydrogen-bond donors (Lipinski definition) is 1. The van der Waals surface area contributed by atoms with Crippen LogP contribution >= 0.6 is 0 Å². The fraction of sp³-hybridized carbons (Fsp3) is 0.478. The Kier molecular flexibility index (Phi) is 7.09. The van der Waals surface area contributed by atoms with E-state index in [1.165, 1.54) is 7.11 Å². The number of anilines is 2. The van der Waals surface area contributed by atoms with E-state index in [0.29, 0.717) is 43.3 Å². The number of amides is 1. The topological polar surface area (TPSA) is 93.6 Å². The van der Waals surface area contributed by atoms with Gasteiger partial charge in [-0.05, 0) is 63.8 Å². The molecule has 166 valence electrons. The Labute approximate surface area is 183 Å². The van der Waals surface area contributed by atoms with Gasteiger partial charge in [0.05, 0.1) is 12.8 Å². The molecule has 1 saturated heterocycles. The number of piperidine rings is 1. The lowest BCUT2D eigenvalue weighted by Gasteiger charge is -2.35. The molecule has 0 bridgehead atoms. The van der Waals surface area contributed by atoms with Crippen molar-refractivity contribution in [1.82, 2.24) is 14.9 Å². The Bertz CT molecular complexity index is 890. The molecular formula is C23H30N4O4. The third-order valence-corrected chi connectivity index (χ3v) is 5.13. The van der Waals surface area contributed by atoms with Gasteiger partial charge in [0.25, 0.3) is 0 Å². The van der Waals surface area contributed by atoms with Gasteiger partial charge in [-0.2, -0.15) is 0 Å². The van der Waals surface area contributed by atoms with E-state index >= 15 is 0 Å².